The number of hydrogen-bond acceptors (Lipinski definition) is 5. The first kappa shape index (κ1) is 24.6. The van der Waals surface area contributed by atoms with E-state index < -0.39 is 0 Å². The van der Waals surface area contributed by atoms with E-state index in [2.05, 4.69) is 26.9 Å². The molecule has 0 bridgehead atoms. The van der Waals surface area contributed by atoms with Gasteiger partial charge >= 0.3 is 0 Å². The van der Waals surface area contributed by atoms with Crippen molar-refractivity contribution in [1.29, 1.82) is 0 Å². The molecule has 0 saturated carbocycles. The first-order valence-corrected chi connectivity index (χ1v) is 9.24. The first-order chi connectivity index (χ1) is 11.1. The van der Waals surface area contributed by atoms with Gasteiger partial charge in [0.15, 0.2) is 0 Å². The maximum Gasteiger partial charge on any atom is 0.293 e. The van der Waals surface area contributed by atoms with Crippen LogP contribution in [0.15, 0.2) is 0 Å². The number of nitrogens with zero attached hydrogens (tertiary/aromatic N) is 2. The number of carbonyl (C=O) groups excluding carboxylic acids is 1. The van der Waals surface area contributed by atoms with E-state index >= 15 is 0 Å². The number of likely N-dealkylation sites (N-methyl/N-ethyl adjacent to an activating group) is 1. The van der Waals surface area contributed by atoms with Gasteiger partial charge < -0.3 is 19.9 Å². The molecule has 5 nitrogen and oxygen atoms in total. The van der Waals surface area contributed by atoms with E-state index in [4.69, 9.17) is 0 Å². The Bertz CT molecular complexity index is 230. The molecular weight excluding hydrogens is 290 g/mol. The molecule has 140 valence electrons. The summed E-state index contributed by atoms with van der Waals surface area (Å²) in [6, 6.07) is 0. The average Bonchev–Trinajstić information content (AvgIpc) is 2.55. The fraction of sp³-hybridized carbons (Fsp3) is 0.944. The van der Waals surface area contributed by atoms with Crippen LogP contribution in [-0.4, -0.2) is 75.7 Å². The molecule has 1 aliphatic heterocycles. The van der Waals surface area contributed by atoms with Crippen molar-refractivity contribution < 1.29 is 9.53 Å². The third-order valence-electron chi connectivity index (χ3n) is 3.57. The number of nitrogens with one attached hydrogen (secondary N) is 1. The normalized spacial score (nSPS) is 15.3. The Hall–Kier alpha value is -0.650. The second-order valence-electron chi connectivity index (χ2n) is 5.94. The molecule has 0 aromatic rings. The van der Waals surface area contributed by atoms with Gasteiger partial charge in [-0.2, -0.15) is 0 Å². The van der Waals surface area contributed by atoms with E-state index in [0.717, 1.165) is 0 Å². The number of rotatable bonds is 9. The molecule has 0 unspecified atom stereocenters. The van der Waals surface area contributed by atoms with E-state index in [9.17, 15) is 4.79 Å². The predicted molar refractivity (Wildman–Crippen MR) is 100.0 cm³/mol. The number of piperazine rings is 1. The van der Waals surface area contributed by atoms with Crippen LogP contribution < -0.4 is 5.32 Å². The Labute approximate surface area is 144 Å². The summed E-state index contributed by atoms with van der Waals surface area (Å²) < 4.78 is 4.36. The molecule has 0 spiro atoms. The Morgan fingerprint density at radius 3 is 2.04 bits per heavy atom. The van der Waals surface area contributed by atoms with E-state index in [1.807, 2.05) is 20.9 Å². The maximum atomic E-state index is 9.39. The van der Waals surface area contributed by atoms with Gasteiger partial charge in [0, 0.05) is 26.2 Å². The highest BCUT2D eigenvalue weighted by Crippen LogP contribution is 2.04. The fourth-order valence-electron chi connectivity index (χ4n) is 2.17. The zero-order valence-corrected chi connectivity index (χ0v) is 16.4. The van der Waals surface area contributed by atoms with Gasteiger partial charge in [-0.25, -0.2) is 0 Å². The lowest BCUT2D eigenvalue weighted by atomic mass is 10.2. The van der Waals surface area contributed by atoms with Crippen molar-refractivity contribution >= 4 is 6.47 Å². The molecule has 23 heavy (non-hydrogen) atoms. The van der Waals surface area contributed by atoms with Crippen LogP contribution >= 0.6 is 0 Å². The van der Waals surface area contributed by atoms with Crippen LogP contribution in [0.2, 0.25) is 0 Å². The van der Waals surface area contributed by atoms with E-state index in [1.54, 1.807) is 13.8 Å². The van der Waals surface area contributed by atoms with Crippen LogP contribution in [0, 0.1) is 0 Å². The van der Waals surface area contributed by atoms with Crippen LogP contribution in [0.5, 0.6) is 0 Å². The largest absolute Gasteiger partial charge is 0.465 e. The molecule has 0 aromatic heterocycles. The third kappa shape index (κ3) is 19.3. The minimum absolute atomic E-state index is 0.0301. The van der Waals surface area contributed by atoms with Crippen molar-refractivity contribution in [2.75, 3.05) is 53.4 Å². The highest BCUT2D eigenvalue weighted by molar-refractivity contribution is 5.37. The highest BCUT2D eigenvalue weighted by atomic mass is 16.5. The van der Waals surface area contributed by atoms with Crippen LogP contribution in [0.4, 0.5) is 0 Å². The third-order valence-corrected chi connectivity index (χ3v) is 3.57. The minimum atomic E-state index is 0.0301. The molecule has 1 rings (SSSR count). The first-order valence-electron chi connectivity index (χ1n) is 9.24. The van der Waals surface area contributed by atoms with Gasteiger partial charge in [0.1, 0.15) is 0 Å². The average molecular weight is 332 g/mol. The van der Waals surface area contributed by atoms with Gasteiger partial charge in [-0.3, -0.25) is 4.79 Å². The lowest BCUT2D eigenvalue weighted by molar-refractivity contribution is -0.131. The number of carbonyl (C=O) groups is 1. The summed E-state index contributed by atoms with van der Waals surface area (Å²) in [7, 11) is 4.25. The van der Waals surface area contributed by atoms with Crippen LogP contribution in [0.25, 0.3) is 0 Å². The quantitative estimate of drug-likeness (QED) is 0.520. The topological polar surface area (TPSA) is 44.8 Å². The second kappa shape index (κ2) is 19.4. The lowest BCUT2D eigenvalue weighted by Crippen LogP contribution is -2.44. The number of unbranched alkanes of at least 4 members (excludes halogenated alkanes) is 3. The lowest BCUT2D eigenvalue weighted by Gasteiger charge is -2.32. The van der Waals surface area contributed by atoms with Gasteiger partial charge in [0.2, 0.25) is 0 Å². The Kier molecular flexibility index (Phi) is 20.7. The van der Waals surface area contributed by atoms with E-state index in [1.165, 1.54) is 65.0 Å². The highest BCUT2D eigenvalue weighted by Gasteiger charge is 2.12. The Morgan fingerprint density at radius 1 is 1.04 bits per heavy atom. The molecule has 0 radical (unpaired) electrons. The molecule has 1 heterocycles. The smallest absolute Gasteiger partial charge is 0.293 e. The summed E-state index contributed by atoms with van der Waals surface area (Å²) in [5, 5.41) is 3.20. The van der Waals surface area contributed by atoms with E-state index in [-0.39, 0.29) is 6.10 Å². The van der Waals surface area contributed by atoms with Crippen molar-refractivity contribution in [1.82, 2.24) is 15.1 Å². The number of hydrogen-bond donors (Lipinski definition) is 1. The van der Waals surface area contributed by atoms with Crippen molar-refractivity contribution in [3.05, 3.63) is 0 Å². The van der Waals surface area contributed by atoms with Gasteiger partial charge in [0.25, 0.3) is 6.47 Å². The molecule has 1 fully saturated rings. The molecule has 0 atom stereocenters. The second-order valence-corrected chi connectivity index (χ2v) is 5.94. The Balaban J connectivity index is 0. The zero-order chi connectivity index (χ0) is 17.9. The standard InChI is InChI=1S/C12H27N3.C4H8O2.C2H6/c1-13-7-5-3-4-6-8-15-11-9-14(2)10-12-15;1-4(2)6-3-5;1-2/h13H,3-12H2,1-2H3;3-4H,1-2H3;1-2H3. The van der Waals surface area contributed by atoms with Crippen molar-refractivity contribution in [2.45, 2.75) is 59.5 Å². The molecule has 0 aromatic carbocycles. The zero-order valence-electron chi connectivity index (χ0n) is 16.4. The van der Waals surface area contributed by atoms with Crippen LogP contribution in [-0.2, 0) is 9.53 Å². The van der Waals surface area contributed by atoms with Crippen molar-refractivity contribution in [3.63, 3.8) is 0 Å². The summed E-state index contributed by atoms with van der Waals surface area (Å²) in [6.07, 6.45) is 5.53. The van der Waals surface area contributed by atoms with Gasteiger partial charge in [-0.15, -0.1) is 0 Å². The van der Waals surface area contributed by atoms with Crippen LogP contribution in [0.3, 0.4) is 0 Å². The molecule has 0 amide bonds. The summed E-state index contributed by atoms with van der Waals surface area (Å²) >= 11 is 0. The summed E-state index contributed by atoms with van der Waals surface area (Å²) in [4.78, 5) is 14.4. The molecule has 1 saturated heterocycles. The molecular formula is C18H41N3O2. The van der Waals surface area contributed by atoms with E-state index in [0.29, 0.717) is 6.47 Å². The SMILES string of the molecule is CC.CC(C)OC=O.CNCCCCCCN1CCN(C)CC1. The Morgan fingerprint density at radius 2 is 1.61 bits per heavy atom. The predicted octanol–water partition coefficient (Wildman–Crippen LogP) is 2.61. The fourth-order valence-corrected chi connectivity index (χ4v) is 2.17. The van der Waals surface area contributed by atoms with Crippen LogP contribution in [0.1, 0.15) is 53.4 Å². The number of ether oxygens (including phenoxy) is 1. The summed E-state index contributed by atoms with van der Waals surface area (Å²) in [5.41, 5.74) is 0. The van der Waals surface area contributed by atoms with Crippen molar-refractivity contribution in [3.8, 4) is 0 Å². The van der Waals surface area contributed by atoms with Gasteiger partial charge in [0.05, 0.1) is 6.10 Å². The monoisotopic (exact) mass is 331 g/mol. The van der Waals surface area contributed by atoms with Crippen molar-refractivity contribution in [2.24, 2.45) is 0 Å². The summed E-state index contributed by atoms with van der Waals surface area (Å²) in [5.74, 6) is 0. The molecule has 1 N–H and O–H groups in total. The molecule has 5 heteroatoms. The minimum Gasteiger partial charge on any atom is -0.465 e. The summed E-state index contributed by atoms with van der Waals surface area (Å²) in [6.45, 7) is 15.6. The van der Waals surface area contributed by atoms with Gasteiger partial charge in [-0.1, -0.05) is 26.7 Å². The molecule has 0 aliphatic carbocycles. The maximum absolute atomic E-state index is 9.39. The van der Waals surface area contributed by atoms with Gasteiger partial charge in [-0.05, 0) is 53.9 Å². The molecule has 1 aliphatic rings.